The first-order chi connectivity index (χ1) is 4.70. The molecule has 0 aliphatic rings. The molecule has 0 aliphatic carbocycles. The first-order valence-corrected chi connectivity index (χ1v) is 3.01. The maximum absolute atomic E-state index is 5.27. The van der Waals surface area contributed by atoms with E-state index in [0.29, 0.717) is 0 Å². The van der Waals surface area contributed by atoms with Crippen LogP contribution in [-0.2, 0) is 9.47 Å². The standard InChI is InChI=1S/C4H6Cl2N2O2/c1-9-3(5)7-8-4(6)10-2/h1-2H3. The molecule has 6 heteroatoms. The maximum Gasteiger partial charge on any atom is 0.305 e. The molecule has 0 radical (unpaired) electrons. The molecule has 0 fully saturated rings. The van der Waals surface area contributed by atoms with Crippen molar-refractivity contribution < 1.29 is 9.47 Å². The van der Waals surface area contributed by atoms with Crippen LogP contribution in [0.2, 0.25) is 0 Å². The molecule has 0 aromatic carbocycles. The lowest BCUT2D eigenvalue weighted by atomic mass is 11.3. The number of ether oxygens (including phenoxy) is 2. The zero-order valence-corrected chi connectivity index (χ0v) is 6.98. The van der Waals surface area contributed by atoms with E-state index in [1.165, 1.54) is 14.2 Å². The van der Waals surface area contributed by atoms with Crippen LogP contribution in [0, 0.1) is 0 Å². The topological polar surface area (TPSA) is 43.2 Å². The monoisotopic (exact) mass is 184 g/mol. The zero-order chi connectivity index (χ0) is 7.98. The summed E-state index contributed by atoms with van der Waals surface area (Å²) in [5.41, 5.74) is 0. The molecular formula is C4H6Cl2N2O2. The second-order valence-corrected chi connectivity index (χ2v) is 1.76. The van der Waals surface area contributed by atoms with Gasteiger partial charge in [-0.3, -0.25) is 0 Å². The van der Waals surface area contributed by atoms with Gasteiger partial charge in [-0.2, -0.15) is 0 Å². The van der Waals surface area contributed by atoms with Gasteiger partial charge in [0.25, 0.3) is 0 Å². The summed E-state index contributed by atoms with van der Waals surface area (Å²) in [6.07, 6.45) is 0. The minimum absolute atomic E-state index is 0.102. The Labute approximate surface area is 68.4 Å². The number of hydrogen-bond acceptors (Lipinski definition) is 4. The van der Waals surface area contributed by atoms with Crippen LogP contribution in [0.5, 0.6) is 0 Å². The fraction of sp³-hybridized carbons (Fsp3) is 0.500. The molecule has 0 aliphatic heterocycles. The summed E-state index contributed by atoms with van der Waals surface area (Å²) in [5.74, 6) is 0. The first kappa shape index (κ1) is 9.52. The molecule has 58 valence electrons. The Balaban J connectivity index is 3.91. The molecule has 4 nitrogen and oxygen atoms in total. The van der Waals surface area contributed by atoms with Gasteiger partial charge in [0.1, 0.15) is 0 Å². The van der Waals surface area contributed by atoms with Crippen LogP contribution in [0.15, 0.2) is 10.2 Å². The summed E-state index contributed by atoms with van der Waals surface area (Å²) < 4.78 is 8.88. The Morgan fingerprint density at radius 2 is 1.30 bits per heavy atom. The van der Waals surface area contributed by atoms with E-state index in [0.717, 1.165) is 0 Å². The Hall–Kier alpha value is -0.480. The Morgan fingerprint density at radius 1 is 1.00 bits per heavy atom. The van der Waals surface area contributed by atoms with Gasteiger partial charge in [-0.1, -0.05) is 10.2 Å². The second-order valence-electron chi connectivity index (χ2n) is 1.11. The van der Waals surface area contributed by atoms with Gasteiger partial charge in [-0.05, 0) is 23.2 Å². The quantitative estimate of drug-likeness (QED) is 0.352. The molecule has 0 rings (SSSR count). The molecule has 0 atom stereocenters. The minimum Gasteiger partial charge on any atom is -0.471 e. The van der Waals surface area contributed by atoms with Crippen molar-refractivity contribution in [3.05, 3.63) is 0 Å². The van der Waals surface area contributed by atoms with Crippen molar-refractivity contribution in [2.45, 2.75) is 0 Å². The molecule has 0 unspecified atom stereocenters. The van der Waals surface area contributed by atoms with Crippen LogP contribution in [-0.4, -0.2) is 24.9 Å². The fourth-order valence-electron chi connectivity index (χ4n) is 0.160. The summed E-state index contributed by atoms with van der Waals surface area (Å²) in [4.78, 5) is 0. The van der Waals surface area contributed by atoms with Crippen LogP contribution >= 0.6 is 23.2 Å². The summed E-state index contributed by atoms with van der Waals surface area (Å²) in [5, 5.41) is 6.41. The molecule has 0 saturated heterocycles. The smallest absolute Gasteiger partial charge is 0.305 e. The van der Waals surface area contributed by atoms with Gasteiger partial charge in [0.2, 0.25) is 0 Å². The van der Waals surface area contributed by atoms with Gasteiger partial charge in [-0.25, -0.2) is 0 Å². The highest BCUT2D eigenvalue weighted by Crippen LogP contribution is 1.91. The van der Waals surface area contributed by atoms with Crippen molar-refractivity contribution in [1.82, 2.24) is 0 Å². The van der Waals surface area contributed by atoms with Gasteiger partial charge in [-0.15, -0.1) is 0 Å². The van der Waals surface area contributed by atoms with E-state index in [1.807, 2.05) is 0 Å². The van der Waals surface area contributed by atoms with Crippen molar-refractivity contribution >= 4 is 33.9 Å². The van der Waals surface area contributed by atoms with Crippen LogP contribution in [0.3, 0.4) is 0 Å². The fourth-order valence-corrected chi connectivity index (χ4v) is 0.236. The Kier molecular flexibility index (Phi) is 5.06. The van der Waals surface area contributed by atoms with Crippen LogP contribution in [0.1, 0.15) is 0 Å². The van der Waals surface area contributed by atoms with Gasteiger partial charge in [0, 0.05) is 0 Å². The van der Waals surface area contributed by atoms with E-state index < -0.39 is 0 Å². The highest BCUT2D eigenvalue weighted by Gasteiger charge is 1.90. The van der Waals surface area contributed by atoms with E-state index in [4.69, 9.17) is 23.2 Å². The summed E-state index contributed by atoms with van der Waals surface area (Å²) in [6.45, 7) is 0. The van der Waals surface area contributed by atoms with E-state index >= 15 is 0 Å². The number of halogens is 2. The number of nitrogens with zero attached hydrogens (tertiary/aromatic N) is 2. The third-order valence-corrected chi connectivity index (χ3v) is 1.00. The number of rotatable bonds is 1. The third kappa shape index (κ3) is 4.40. The number of methoxy groups -OCH3 is 2. The highest BCUT2D eigenvalue weighted by atomic mass is 35.5. The van der Waals surface area contributed by atoms with Crippen molar-refractivity contribution in [3.8, 4) is 0 Å². The lowest BCUT2D eigenvalue weighted by molar-refractivity contribution is 0.405. The molecule has 0 bridgehead atoms. The Morgan fingerprint density at radius 3 is 1.50 bits per heavy atom. The number of hydrogen-bond donors (Lipinski definition) is 0. The molecule has 0 N–H and O–H groups in total. The SMILES string of the molecule is COC(Cl)=NN=C(Cl)OC. The first-order valence-electron chi connectivity index (χ1n) is 2.25. The van der Waals surface area contributed by atoms with Gasteiger partial charge in [0.05, 0.1) is 14.2 Å². The van der Waals surface area contributed by atoms with E-state index in [-0.39, 0.29) is 10.7 Å². The van der Waals surface area contributed by atoms with E-state index in [1.54, 1.807) is 0 Å². The van der Waals surface area contributed by atoms with Crippen LogP contribution in [0.25, 0.3) is 0 Å². The van der Waals surface area contributed by atoms with Crippen LogP contribution in [0.4, 0.5) is 0 Å². The predicted molar refractivity (Wildman–Crippen MR) is 40.6 cm³/mol. The van der Waals surface area contributed by atoms with Crippen molar-refractivity contribution in [2.75, 3.05) is 14.2 Å². The molecule has 0 aromatic heterocycles. The van der Waals surface area contributed by atoms with E-state index in [9.17, 15) is 0 Å². The zero-order valence-electron chi connectivity index (χ0n) is 5.47. The third-order valence-electron chi connectivity index (χ3n) is 0.544. The molecule has 0 amide bonds. The van der Waals surface area contributed by atoms with Gasteiger partial charge < -0.3 is 9.47 Å². The lowest BCUT2D eigenvalue weighted by Crippen LogP contribution is -1.91. The van der Waals surface area contributed by atoms with Crippen LogP contribution < -0.4 is 0 Å². The average Bonchev–Trinajstić information content (AvgIpc) is 1.99. The molecule has 0 saturated carbocycles. The summed E-state index contributed by atoms with van der Waals surface area (Å²) in [6, 6.07) is 0. The molecule has 0 heterocycles. The normalized spacial score (nSPS) is 13.2. The van der Waals surface area contributed by atoms with Gasteiger partial charge in [0.15, 0.2) is 0 Å². The summed E-state index contributed by atoms with van der Waals surface area (Å²) in [7, 11) is 2.73. The van der Waals surface area contributed by atoms with Crippen molar-refractivity contribution in [2.24, 2.45) is 10.2 Å². The highest BCUT2D eigenvalue weighted by molar-refractivity contribution is 6.64. The molecule has 0 spiro atoms. The van der Waals surface area contributed by atoms with Crippen molar-refractivity contribution in [3.63, 3.8) is 0 Å². The average molecular weight is 185 g/mol. The second kappa shape index (κ2) is 5.32. The molecular weight excluding hydrogens is 179 g/mol. The van der Waals surface area contributed by atoms with Gasteiger partial charge >= 0.3 is 10.7 Å². The van der Waals surface area contributed by atoms with E-state index in [2.05, 4.69) is 19.7 Å². The molecule has 0 aromatic rings. The van der Waals surface area contributed by atoms with Crippen molar-refractivity contribution in [1.29, 1.82) is 0 Å². The maximum atomic E-state index is 5.27. The predicted octanol–water partition coefficient (Wildman–Crippen LogP) is 1.38. The lowest BCUT2D eigenvalue weighted by Gasteiger charge is -1.91. The molecule has 10 heavy (non-hydrogen) atoms. The minimum atomic E-state index is -0.102. The largest absolute Gasteiger partial charge is 0.471 e. The Bertz CT molecular complexity index is 139. The summed E-state index contributed by atoms with van der Waals surface area (Å²) >= 11 is 10.5.